The molecule has 1 fully saturated rings. The zero-order chi connectivity index (χ0) is 18.1. The van der Waals surface area contributed by atoms with Gasteiger partial charge in [0, 0.05) is 19.5 Å². The van der Waals surface area contributed by atoms with Crippen LogP contribution in [0.5, 0.6) is 0 Å². The van der Waals surface area contributed by atoms with E-state index in [0.29, 0.717) is 6.42 Å². The summed E-state index contributed by atoms with van der Waals surface area (Å²) in [7, 11) is 0. The molecule has 1 aromatic carbocycles. The van der Waals surface area contributed by atoms with Gasteiger partial charge < -0.3 is 15.3 Å². The maximum Gasteiger partial charge on any atom is 0.0916 e. The topological polar surface area (TPSA) is 59.3 Å². The normalized spacial score (nSPS) is 18.0. The third-order valence-corrected chi connectivity index (χ3v) is 5.27. The van der Waals surface area contributed by atoms with Crippen molar-refractivity contribution in [3.05, 3.63) is 35.9 Å². The second-order valence-electron chi connectivity index (χ2n) is 8.12. The highest BCUT2D eigenvalue weighted by atomic mass is 16.3. The van der Waals surface area contributed by atoms with Crippen LogP contribution in [-0.2, 0) is 0 Å². The van der Waals surface area contributed by atoms with Crippen LogP contribution in [0.4, 0.5) is 0 Å². The summed E-state index contributed by atoms with van der Waals surface area (Å²) in [6, 6.07) is 12.2. The maximum atomic E-state index is 10.4. The van der Waals surface area contributed by atoms with E-state index >= 15 is 0 Å². The van der Waals surface area contributed by atoms with Crippen LogP contribution in [0.3, 0.4) is 0 Å². The number of hydrogen-bond donors (Lipinski definition) is 2. The van der Waals surface area contributed by atoms with Crippen LogP contribution in [-0.4, -0.2) is 42.7 Å². The SMILES string of the molecule is CC(C)(CCC#N)CNCC1CCN(CC(O)c2ccccc2)CC1. The van der Waals surface area contributed by atoms with Crippen molar-refractivity contribution in [2.24, 2.45) is 11.3 Å². The lowest BCUT2D eigenvalue weighted by molar-refractivity contribution is 0.0887. The van der Waals surface area contributed by atoms with Crippen molar-refractivity contribution < 1.29 is 5.11 Å². The number of nitriles is 1. The molecule has 1 heterocycles. The molecular weight excluding hydrogens is 310 g/mol. The molecule has 2 N–H and O–H groups in total. The predicted molar refractivity (Wildman–Crippen MR) is 102 cm³/mol. The number of aliphatic hydroxyl groups is 1. The predicted octanol–water partition coefficient (Wildman–Crippen LogP) is 3.35. The van der Waals surface area contributed by atoms with Gasteiger partial charge in [-0.25, -0.2) is 0 Å². The van der Waals surface area contributed by atoms with E-state index in [1.54, 1.807) is 0 Å². The molecule has 1 atom stereocenters. The summed E-state index contributed by atoms with van der Waals surface area (Å²) in [4.78, 5) is 2.38. The second-order valence-corrected chi connectivity index (χ2v) is 8.12. The molecule has 0 spiro atoms. The van der Waals surface area contributed by atoms with Gasteiger partial charge in [-0.05, 0) is 55.8 Å². The van der Waals surface area contributed by atoms with Crippen molar-refractivity contribution >= 4 is 0 Å². The summed E-state index contributed by atoms with van der Waals surface area (Å²) in [6.07, 6.45) is 3.57. The molecule has 1 aliphatic heterocycles. The number of nitrogens with zero attached hydrogens (tertiary/aromatic N) is 2. The Morgan fingerprint density at radius 1 is 1.28 bits per heavy atom. The van der Waals surface area contributed by atoms with Gasteiger partial charge in [0.2, 0.25) is 0 Å². The van der Waals surface area contributed by atoms with E-state index in [1.165, 1.54) is 12.8 Å². The lowest BCUT2D eigenvalue weighted by atomic mass is 9.87. The van der Waals surface area contributed by atoms with Gasteiger partial charge in [0.05, 0.1) is 12.2 Å². The number of nitrogens with one attached hydrogen (secondary N) is 1. The largest absolute Gasteiger partial charge is 0.387 e. The van der Waals surface area contributed by atoms with Gasteiger partial charge >= 0.3 is 0 Å². The Hall–Kier alpha value is -1.41. The first kappa shape index (κ1) is 19.9. The summed E-state index contributed by atoms with van der Waals surface area (Å²) in [5, 5.41) is 22.7. The van der Waals surface area contributed by atoms with Gasteiger partial charge in [-0.15, -0.1) is 0 Å². The molecule has 1 aliphatic rings. The van der Waals surface area contributed by atoms with Crippen molar-refractivity contribution in [1.82, 2.24) is 10.2 Å². The van der Waals surface area contributed by atoms with Crippen LogP contribution < -0.4 is 5.32 Å². The van der Waals surface area contributed by atoms with Crippen LogP contribution in [0.15, 0.2) is 30.3 Å². The van der Waals surface area contributed by atoms with Gasteiger partial charge in [0.15, 0.2) is 0 Å². The summed E-state index contributed by atoms with van der Waals surface area (Å²) in [6.45, 7) is 9.34. The average Bonchev–Trinajstić information content (AvgIpc) is 2.62. The van der Waals surface area contributed by atoms with Crippen LogP contribution in [0.1, 0.15) is 51.2 Å². The summed E-state index contributed by atoms with van der Waals surface area (Å²) in [5.74, 6) is 0.719. The lowest BCUT2D eigenvalue weighted by Gasteiger charge is -2.34. The Labute approximate surface area is 152 Å². The minimum Gasteiger partial charge on any atom is -0.387 e. The van der Waals surface area contributed by atoms with Crippen LogP contribution >= 0.6 is 0 Å². The number of rotatable bonds is 9. The molecule has 138 valence electrons. The third-order valence-electron chi connectivity index (χ3n) is 5.27. The standard InChI is InChI=1S/C21H33N3O/c1-21(2,11-6-12-22)17-23-15-18-9-13-24(14-10-18)16-20(25)19-7-4-3-5-8-19/h3-5,7-8,18,20,23,25H,6,9-11,13-17H2,1-2H3. The maximum absolute atomic E-state index is 10.4. The molecule has 1 unspecified atom stereocenters. The smallest absolute Gasteiger partial charge is 0.0916 e. The lowest BCUT2D eigenvalue weighted by Crippen LogP contribution is -2.40. The van der Waals surface area contributed by atoms with Crippen LogP contribution in [0, 0.1) is 22.7 Å². The molecule has 4 heteroatoms. The second kappa shape index (κ2) is 9.91. The Bertz CT molecular complexity index is 530. The molecule has 0 radical (unpaired) electrons. The first-order valence-electron chi connectivity index (χ1n) is 9.53. The minimum absolute atomic E-state index is 0.191. The number of β-amino-alcohol motifs (C(OH)–C–C–N with tert-alkyl or cyclic N) is 1. The molecule has 1 saturated heterocycles. The van der Waals surface area contributed by atoms with Gasteiger partial charge in [-0.3, -0.25) is 0 Å². The fourth-order valence-corrected chi connectivity index (χ4v) is 3.50. The highest BCUT2D eigenvalue weighted by molar-refractivity contribution is 5.17. The average molecular weight is 344 g/mol. The van der Waals surface area contributed by atoms with Gasteiger partial charge in [0.1, 0.15) is 0 Å². The quantitative estimate of drug-likeness (QED) is 0.722. The van der Waals surface area contributed by atoms with E-state index in [1.807, 2.05) is 30.3 Å². The van der Waals surface area contributed by atoms with E-state index in [4.69, 9.17) is 5.26 Å². The first-order valence-corrected chi connectivity index (χ1v) is 9.53. The van der Waals surface area contributed by atoms with E-state index in [9.17, 15) is 5.11 Å². The number of piperidine rings is 1. The molecule has 0 bridgehead atoms. The Kier molecular flexibility index (Phi) is 7.90. The molecule has 0 aromatic heterocycles. The number of aliphatic hydroxyl groups excluding tert-OH is 1. The van der Waals surface area contributed by atoms with E-state index in [2.05, 4.69) is 30.1 Å². The van der Waals surface area contributed by atoms with Crippen LogP contribution in [0.25, 0.3) is 0 Å². The van der Waals surface area contributed by atoms with Crippen molar-refractivity contribution in [3.8, 4) is 6.07 Å². The zero-order valence-electron chi connectivity index (χ0n) is 15.7. The van der Waals surface area contributed by atoms with Crippen molar-refractivity contribution in [2.75, 3.05) is 32.7 Å². The molecule has 2 rings (SSSR count). The monoisotopic (exact) mass is 343 g/mol. The first-order chi connectivity index (χ1) is 12.0. The molecule has 1 aromatic rings. The van der Waals surface area contributed by atoms with E-state index in [0.717, 1.165) is 50.6 Å². The molecule has 0 aliphatic carbocycles. The van der Waals surface area contributed by atoms with E-state index in [-0.39, 0.29) is 5.41 Å². The minimum atomic E-state index is -0.392. The van der Waals surface area contributed by atoms with E-state index < -0.39 is 6.10 Å². The van der Waals surface area contributed by atoms with Crippen molar-refractivity contribution in [1.29, 1.82) is 5.26 Å². The zero-order valence-corrected chi connectivity index (χ0v) is 15.7. The Morgan fingerprint density at radius 3 is 2.60 bits per heavy atom. The van der Waals surface area contributed by atoms with Gasteiger partial charge in [0.25, 0.3) is 0 Å². The molecule has 4 nitrogen and oxygen atoms in total. The number of benzene rings is 1. The summed E-state index contributed by atoms with van der Waals surface area (Å²) >= 11 is 0. The highest BCUT2D eigenvalue weighted by Crippen LogP contribution is 2.23. The molecule has 0 amide bonds. The number of hydrogen-bond acceptors (Lipinski definition) is 4. The van der Waals surface area contributed by atoms with Crippen LogP contribution in [0.2, 0.25) is 0 Å². The summed E-state index contributed by atoms with van der Waals surface area (Å²) in [5.41, 5.74) is 1.20. The Morgan fingerprint density at radius 2 is 1.96 bits per heavy atom. The van der Waals surface area contributed by atoms with Gasteiger partial charge in [-0.1, -0.05) is 44.2 Å². The third kappa shape index (κ3) is 7.15. The summed E-state index contributed by atoms with van der Waals surface area (Å²) < 4.78 is 0. The fraction of sp³-hybridized carbons (Fsp3) is 0.667. The van der Waals surface area contributed by atoms with Crippen molar-refractivity contribution in [3.63, 3.8) is 0 Å². The fourth-order valence-electron chi connectivity index (χ4n) is 3.50. The Balaban J connectivity index is 1.64. The molecule has 0 saturated carbocycles. The molecule has 25 heavy (non-hydrogen) atoms. The van der Waals surface area contributed by atoms with Crippen molar-refractivity contribution in [2.45, 2.75) is 45.6 Å². The number of likely N-dealkylation sites (tertiary alicyclic amines) is 1. The molecular formula is C21H33N3O. The van der Waals surface area contributed by atoms with Gasteiger partial charge in [-0.2, -0.15) is 5.26 Å². The highest BCUT2D eigenvalue weighted by Gasteiger charge is 2.22.